The van der Waals surface area contributed by atoms with Gasteiger partial charge in [0.1, 0.15) is 4.84 Å². The van der Waals surface area contributed by atoms with Crippen molar-refractivity contribution in [2.45, 2.75) is 18.2 Å². The number of nitrogen functional groups attached to an aromatic ring is 1. The molecule has 0 amide bonds. The summed E-state index contributed by atoms with van der Waals surface area (Å²) in [5.74, 6) is 0. The zero-order chi connectivity index (χ0) is 9.14. The standard InChI is InChI=1S/C9H11Cl2N/c1-6-2-3-8(12)7(4-6)5-9(10)11/h2-4,9H,5,12H2,1H3. The lowest BCUT2D eigenvalue weighted by Crippen LogP contribution is -1.99. The Bertz CT molecular complexity index is 271. The largest absolute Gasteiger partial charge is 0.399 e. The van der Waals surface area contributed by atoms with E-state index in [0.717, 1.165) is 11.3 Å². The number of alkyl halides is 2. The van der Waals surface area contributed by atoms with E-state index in [1.54, 1.807) is 0 Å². The molecule has 0 spiro atoms. The third-order valence-corrected chi connectivity index (χ3v) is 1.98. The van der Waals surface area contributed by atoms with E-state index in [-0.39, 0.29) is 4.84 Å². The van der Waals surface area contributed by atoms with Crippen molar-refractivity contribution in [3.05, 3.63) is 29.3 Å². The third-order valence-electron chi connectivity index (χ3n) is 1.67. The predicted octanol–water partition coefficient (Wildman–Crippen LogP) is 2.92. The molecule has 0 unspecified atom stereocenters. The zero-order valence-electron chi connectivity index (χ0n) is 6.85. The van der Waals surface area contributed by atoms with Crippen LogP contribution in [0.4, 0.5) is 5.69 Å². The first-order valence-corrected chi connectivity index (χ1v) is 4.60. The average Bonchev–Trinajstić information content (AvgIpc) is 1.96. The van der Waals surface area contributed by atoms with Crippen molar-refractivity contribution >= 4 is 28.9 Å². The van der Waals surface area contributed by atoms with Crippen LogP contribution >= 0.6 is 23.2 Å². The lowest BCUT2D eigenvalue weighted by Gasteiger charge is -2.06. The Kier molecular flexibility index (Phi) is 3.24. The molecule has 12 heavy (non-hydrogen) atoms. The second-order valence-corrected chi connectivity index (χ2v) is 4.07. The monoisotopic (exact) mass is 203 g/mol. The Morgan fingerprint density at radius 3 is 2.67 bits per heavy atom. The Balaban J connectivity index is 2.90. The first-order chi connectivity index (χ1) is 5.59. The van der Waals surface area contributed by atoms with E-state index in [2.05, 4.69) is 0 Å². The van der Waals surface area contributed by atoms with Crippen LogP contribution < -0.4 is 5.73 Å². The van der Waals surface area contributed by atoms with Gasteiger partial charge >= 0.3 is 0 Å². The highest BCUT2D eigenvalue weighted by atomic mass is 35.5. The minimum atomic E-state index is -0.380. The maximum absolute atomic E-state index is 5.72. The highest BCUT2D eigenvalue weighted by Crippen LogP contribution is 2.18. The molecule has 0 heterocycles. The summed E-state index contributed by atoms with van der Waals surface area (Å²) in [6.07, 6.45) is 0.608. The van der Waals surface area contributed by atoms with Crippen molar-refractivity contribution in [3.8, 4) is 0 Å². The number of halogens is 2. The topological polar surface area (TPSA) is 26.0 Å². The molecule has 0 atom stereocenters. The van der Waals surface area contributed by atoms with Crippen molar-refractivity contribution in [3.63, 3.8) is 0 Å². The van der Waals surface area contributed by atoms with Crippen LogP contribution in [0.15, 0.2) is 18.2 Å². The summed E-state index contributed by atoms with van der Waals surface area (Å²) >= 11 is 11.3. The first kappa shape index (κ1) is 9.69. The van der Waals surface area contributed by atoms with E-state index in [4.69, 9.17) is 28.9 Å². The summed E-state index contributed by atoms with van der Waals surface area (Å²) in [6, 6.07) is 5.85. The van der Waals surface area contributed by atoms with Gasteiger partial charge in [0.2, 0.25) is 0 Å². The smallest absolute Gasteiger partial charge is 0.111 e. The molecular formula is C9H11Cl2N. The van der Waals surface area contributed by atoms with E-state index in [9.17, 15) is 0 Å². The molecule has 0 aliphatic rings. The lowest BCUT2D eigenvalue weighted by molar-refractivity contribution is 1.09. The van der Waals surface area contributed by atoms with E-state index >= 15 is 0 Å². The summed E-state index contributed by atoms with van der Waals surface area (Å²) in [5, 5.41) is 0. The summed E-state index contributed by atoms with van der Waals surface area (Å²) in [7, 11) is 0. The molecular weight excluding hydrogens is 193 g/mol. The first-order valence-electron chi connectivity index (χ1n) is 3.72. The SMILES string of the molecule is Cc1ccc(N)c(CC(Cl)Cl)c1. The van der Waals surface area contributed by atoms with Crippen molar-refractivity contribution < 1.29 is 0 Å². The van der Waals surface area contributed by atoms with Gasteiger partial charge in [-0.3, -0.25) is 0 Å². The summed E-state index contributed by atoms with van der Waals surface area (Å²) in [4.78, 5) is -0.380. The van der Waals surface area contributed by atoms with Crippen LogP contribution in [-0.2, 0) is 6.42 Å². The van der Waals surface area contributed by atoms with E-state index in [0.29, 0.717) is 6.42 Å². The molecule has 1 nitrogen and oxygen atoms in total. The number of rotatable bonds is 2. The fraction of sp³-hybridized carbons (Fsp3) is 0.333. The van der Waals surface area contributed by atoms with Gasteiger partial charge in [-0.25, -0.2) is 0 Å². The Morgan fingerprint density at radius 1 is 1.42 bits per heavy atom. The Morgan fingerprint density at radius 2 is 2.08 bits per heavy atom. The van der Waals surface area contributed by atoms with Crippen LogP contribution in [0.25, 0.3) is 0 Å². The van der Waals surface area contributed by atoms with Crippen molar-refractivity contribution in [2.75, 3.05) is 5.73 Å². The second kappa shape index (κ2) is 4.01. The summed E-state index contributed by atoms with van der Waals surface area (Å²) in [5.41, 5.74) is 8.67. The van der Waals surface area contributed by atoms with Gasteiger partial charge in [-0.1, -0.05) is 17.7 Å². The van der Waals surface area contributed by atoms with E-state index in [1.165, 1.54) is 5.56 Å². The van der Waals surface area contributed by atoms with Gasteiger partial charge in [-0.15, -0.1) is 23.2 Å². The summed E-state index contributed by atoms with van der Waals surface area (Å²) < 4.78 is 0. The predicted molar refractivity (Wildman–Crippen MR) is 54.8 cm³/mol. The molecule has 0 saturated heterocycles. The number of anilines is 1. The fourth-order valence-corrected chi connectivity index (χ4v) is 1.41. The normalized spacial score (nSPS) is 10.7. The molecule has 1 aromatic carbocycles. The number of aryl methyl sites for hydroxylation is 1. The number of nitrogens with two attached hydrogens (primary N) is 1. The van der Waals surface area contributed by atoms with Gasteiger partial charge in [-0.2, -0.15) is 0 Å². The molecule has 1 aromatic rings. The maximum Gasteiger partial charge on any atom is 0.111 e. The maximum atomic E-state index is 5.72. The van der Waals surface area contributed by atoms with Crippen LogP contribution in [0.1, 0.15) is 11.1 Å². The Hall–Kier alpha value is -0.400. The molecule has 1 rings (SSSR count). The molecule has 0 aromatic heterocycles. The number of hydrogen-bond donors (Lipinski definition) is 1. The van der Waals surface area contributed by atoms with Crippen molar-refractivity contribution in [2.24, 2.45) is 0 Å². The number of hydrogen-bond acceptors (Lipinski definition) is 1. The molecule has 0 fully saturated rings. The van der Waals surface area contributed by atoms with Gasteiger partial charge in [-0.05, 0) is 18.6 Å². The number of benzene rings is 1. The molecule has 3 heteroatoms. The van der Waals surface area contributed by atoms with E-state index < -0.39 is 0 Å². The van der Waals surface area contributed by atoms with Gasteiger partial charge in [0, 0.05) is 12.1 Å². The highest BCUT2D eigenvalue weighted by molar-refractivity contribution is 6.44. The van der Waals surface area contributed by atoms with Gasteiger partial charge < -0.3 is 5.73 Å². The Labute approximate surface area is 82.5 Å². The van der Waals surface area contributed by atoms with Gasteiger partial charge in [0.15, 0.2) is 0 Å². The van der Waals surface area contributed by atoms with Crippen LogP contribution in [0, 0.1) is 6.92 Å². The molecule has 0 saturated carbocycles. The molecule has 0 aliphatic carbocycles. The van der Waals surface area contributed by atoms with E-state index in [1.807, 2.05) is 25.1 Å². The lowest BCUT2D eigenvalue weighted by atomic mass is 10.1. The third kappa shape index (κ3) is 2.58. The minimum Gasteiger partial charge on any atom is -0.399 e. The van der Waals surface area contributed by atoms with Gasteiger partial charge in [0.05, 0.1) is 0 Å². The van der Waals surface area contributed by atoms with Crippen molar-refractivity contribution in [1.82, 2.24) is 0 Å². The zero-order valence-corrected chi connectivity index (χ0v) is 8.36. The van der Waals surface area contributed by atoms with Crippen LogP contribution in [0.2, 0.25) is 0 Å². The molecule has 2 N–H and O–H groups in total. The molecule has 0 aliphatic heterocycles. The van der Waals surface area contributed by atoms with Crippen LogP contribution in [-0.4, -0.2) is 4.84 Å². The molecule has 0 radical (unpaired) electrons. The van der Waals surface area contributed by atoms with Crippen LogP contribution in [0.3, 0.4) is 0 Å². The molecule has 66 valence electrons. The highest BCUT2D eigenvalue weighted by Gasteiger charge is 2.04. The van der Waals surface area contributed by atoms with Gasteiger partial charge in [0.25, 0.3) is 0 Å². The summed E-state index contributed by atoms with van der Waals surface area (Å²) in [6.45, 7) is 2.01. The quantitative estimate of drug-likeness (QED) is 0.581. The van der Waals surface area contributed by atoms with Crippen molar-refractivity contribution in [1.29, 1.82) is 0 Å². The fourth-order valence-electron chi connectivity index (χ4n) is 1.08. The minimum absolute atomic E-state index is 0.380. The molecule has 0 bridgehead atoms. The second-order valence-electron chi connectivity index (χ2n) is 2.80. The van der Waals surface area contributed by atoms with Crippen LogP contribution in [0.5, 0.6) is 0 Å². The average molecular weight is 204 g/mol.